The first-order chi connectivity index (χ1) is 16.4. The number of aliphatic carboxylic acids is 1. The molecular weight excluding hydrogens is 432 g/mol. The lowest BCUT2D eigenvalue weighted by Gasteiger charge is -2.41. The highest BCUT2D eigenvalue weighted by atomic mass is 16.5. The third-order valence-corrected chi connectivity index (χ3v) is 6.85. The molecule has 176 valence electrons. The molecular formula is C27H28N2O5. The highest BCUT2D eigenvalue weighted by molar-refractivity contribution is 5.86. The largest absolute Gasteiger partial charge is 0.481 e. The van der Waals surface area contributed by atoms with Crippen LogP contribution in [-0.2, 0) is 14.3 Å². The summed E-state index contributed by atoms with van der Waals surface area (Å²) in [6.07, 6.45) is 7.13. The number of carboxylic acid groups (broad SMARTS) is 1. The number of carboxylic acids is 1. The Bertz CT molecular complexity index is 1090. The van der Waals surface area contributed by atoms with Crippen LogP contribution in [0, 0.1) is 17.8 Å². The summed E-state index contributed by atoms with van der Waals surface area (Å²) in [6, 6.07) is 15.1. The van der Waals surface area contributed by atoms with Gasteiger partial charge in [-0.1, -0.05) is 55.0 Å². The summed E-state index contributed by atoms with van der Waals surface area (Å²) in [6.45, 7) is 0.373. The van der Waals surface area contributed by atoms with Crippen LogP contribution in [0.1, 0.15) is 49.1 Å². The Hall–Kier alpha value is -3.79. The van der Waals surface area contributed by atoms with Crippen molar-refractivity contribution in [2.75, 3.05) is 13.2 Å². The number of rotatable bonds is 9. The molecule has 0 spiro atoms. The zero-order chi connectivity index (χ0) is 24.1. The molecule has 3 N–H and O–H groups in total. The van der Waals surface area contributed by atoms with Crippen molar-refractivity contribution >= 4 is 18.0 Å². The van der Waals surface area contributed by atoms with Gasteiger partial charge in [0.25, 0.3) is 0 Å². The number of carbonyl (C=O) groups is 3. The van der Waals surface area contributed by atoms with Crippen molar-refractivity contribution in [2.45, 2.75) is 44.1 Å². The molecule has 1 unspecified atom stereocenters. The first kappa shape index (κ1) is 23.4. The zero-order valence-electron chi connectivity index (χ0n) is 18.9. The molecule has 2 aromatic rings. The van der Waals surface area contributed by atoms with E-state index in [0.29, 0.717) is 0 Å². The second-order valence-corrected chi connectivity index (χ2v) is 9.07. The van der Waals surface area contributed by atoms with Gasteiger partial charge < -0.3 is 20.5 Å². The van der Waals surface area contributed by atoms with E-state index in [-0.39, 0.29) is 31.9 Å². The third-order valence-electron chi connectivity index (χ3n) is 6.85. The average Bonchev–Trinajstić information content (AvgIpc) is 3.12. The van der Waals surface area contributed by atoms with Gasteiger partial charge in [0.05, 0.1) is 6.42 Å². The molecule has 1 fully saturated rings. The number of hydrogen-bond donors (Lipinski definition) is 3. The SMILES string of the molecule is C#CCC(NC(=O)OCC1c2ccccc2-c2ccccc21)C(=O)NCC1(CC(=O)O)CCC1. The van der Waals surface area contributed by atoms with Crippen molar-refractivity contribution in [1.82, 2.24) is 10.6 Å². The van der Waals surface area contributed by atoms with Crippen LogP contribution in [0.25, 0.3) is 11.1 Å². The number of nitrogens with one attached hydrogen (secondary N) is 2. The molecule has 2 aliphatic rings. The number of hydrogen-bond acceptors (Lipinski definition) is 4. The molecule has 2 aliphatic carbocycles. The van der Waals surface area contributed by atoms with E-state index in [1.165, 1.54) is 0 Å². The van der Waals surface area contributed by atoms with Crippen LogP contribution in [0.5, 0.6) is 0 Å². The fraction of sp³-hybridized carbons (Fsp3) is 0.370. The maximum atomic E-state index is 12.7. The van der Waals surface area contributed by atoms with Gasteiger partial charge in [-0.2, -0.15) is 0 Å². The van der Waals surface area contributed by atoms with Gasteiger partial charge >= 0.3 is 12.1 Å². The molecule has 7 heteroatoms. The van der Waals surface area contributed by atoms with E-state index < -0.39 is 29.4 Å². The molecule has 0 bridgehead atoms. The first-order valence-electron chi connectivity index (χ1n) is 11.5. The lowest BCUT2D eigenvalue weighted by atomic mass is 9.66. The van der Waals surface area contributed by atoms with Crippen LogP contribution in [0.15, 0.2) is 48.5 Å². The quantitative estimate of drug-likeness (QED) is 0.495. The summed E-state index contributed by atoms with van der Waals surface area (Å²) < 4.78 is 5.52. The lowest BCUT2D eigenvalue weighted by Crippen LogP contribution is -2.51. The zero-order valence-corrected chi connectivity index (χ0v) is 18.9. The lowest BCUT2D eigenvalue weighted by molar-refractivity contribution is -0.142. The Labute approximate surface area is 198 Å². The molecule has 4 rings (SSSR count). The highest BCUT2D eigenvalue weighted by Gasteiger charge is 2.39. The minimum Gasteiger partial charge on any atom is -0.481 e. The topological polar surface area (TPSA) is 105 Å². The molecule has 34 heavy (non-hydrogen) atoms. The summed E-state index contributed by atoms with van der Waals surface area (Å²) in [5, 5.41) is 14.5. The predicted octanol–water partition coefficient (Wildman–Crippen LogP) is 3.68. The Kier molecular flexibility index (Phi) is 6.87. The van der Waals surface area contributed by atoms with Crippen LogP contribution in [-0.4, -0.2) is 42.3 Å². The molecule has 0 aromatic heterocycles. The van der Waals surface area contributed by atoms with Crippen LogP contribution in [0.3, 0.4) is 0 Å². The fourth-order valence-electron chi connectivity index (χ4n) is 4.92. The number of ether oxygens (including phenoxy) is 1. The normalized spacial score (nSPS) is 16.2. The number of alkyl carbamates (subject to hydrolysis) is 1. The summed E-state index contributed by atoms with van der Waals surface area (Å²) >= 11 is 0. The maximum Gasteiger partial charge on any atom is 0.407 e. The summed E-state index contributed by atoms with van der Waals surface area (Å²) in [5.74, 6) is 0.994. The van der Waals surface area contributed by atoms with E-state index in [0.717, 1.165) is 41.5 Å². The first-order valence-corrected chi connectivity index (χ1v) is 11.5. The average molecular weight is 461 g/mol. The van der Waals surface area contributed by atoms with Gasteiger partial charge in [0.1, 0.15) is 12.6 Å². The summed E-state index contributed by atoms with van der Waals surface area (Å²) in [7, 11) is 0. The van der Waals surface area contributed by atoms with Gasteiger partial charge in [-0.15, -0.1) is 12.3 Å². The van der Waals surface area contributed by atoms with Crippen molar-refractivity contribution in [3.05, 3.63) is 59.7 Å². The second-order valence-electron chi connectivity index (χ2n) is 9.07. The fourth-order valence-corrected chi connectivity index (χ4v) is 4.92. The van der Waals surface area contributed by atoms with Crippen LogP contribution in [0.4, 0.5) is 4.79 Å². The van der Waals surface area contributed by atoms with Crippen LogP contribution in [0.2, 0.25) is 0 Å². The number of benzene rings is 2. The van der Waals surface area contributed by atoms with Crippen molar-refractivity contribution in [1.29, 1.82) is 0 Å². The number of terminal acetylenes is 1. The van der Waals surface area contributed by atoms with Gasteiger partial charge in [-0.05, 0) is 40.5 Å². The molecule has 0 saturated heterocycles. The van der Waals surface area contributed by atoms with Gasteiger partial charge in [-0.3, -0.25) is 9.59 Å². The van der Waals surface area contributed by atoms with Crippen LogP contribution < -0.4 is 10.6 Å². The third kappa shape index (κ3) is 4.91. The van der Waals surface area contributed by atoms with E-state index >= 15 is 0 Å². The Morgan fingerprint density at radius 1 is 1.09 bits per heavy atom. The van der Waals surface area contributed by atoms with Crippen molar-refractivity contribution < 1.29 is 24.2 Å². The molecule has 1 atom stereocenters. The smallest absolute Gasteiger partial charge is 0.407 e. The van der Waals surface area contributed by atoms with E-state index in [1.807, 2.05) is 36.4 Å². The summed E-state index contributed by atoms with van der Waals surface area (Å²) in [4.78, 5) is 36.4. The predicted molar refractivity (Wildman–Crippen MR) is 127 cm³/mol. The molecule has 0 aliphatic heterocycles. The summed E-state index contributed by atoms with van der Waals surface area (Å²) in [5.41, 5.74) is 4.02. The van der Waals surface area contributed by atoms with Gasteiger partial charge in [-0.25, -0.2) is 4.79 Å². The van der Waals surface area contributed by atoms with E-state index in [9.17, 15) is 14.4 Å². The van der Waals surface area contributed by atoms with Gasteiger partial charge in [0.15, 0.2) is 0 Å². The number of carbonyl (C=O) groups excluding carboxylic acids is 2. The van der Waals surface area contributed by atoms with E-state index in [4.69, 9.17) is 16.3 Å². The standard InChI is InChI=1S/C27H28N2O5/c1-2-8-23(25(32)28-17-27(13-7-14-27)15-24(30)31)29-26(33)34-16-22-20-11-5-3-9-18(20)19-10-4-6-12-21(19)22/h1,3-6,9-12,22-23H,7-8,13-17H2,(H,28,32)(H,29,33)(H,30,31). The monoisotopic (exact) mass is 460 g/mol. The molecule has 7 nitrogen and oxygen atoms in total. The number of amides is 2. The van der Waals surface area contributed by atoms with E-state index in [2.05, 4.69) is 28.7 Å². The van der Waals surface area contributed by atoms with Crippen molar-refractivity contribution in [2.24, 2.45) is 5.41 Å². The van der Waals surface area contributed by atoms with Gasteiger partial charge in [0, 0.05) is 18.9 Å². The molecule has 2 amide bonds. The second kappa shape index (κ2) is 10.0. The Morgan fingerprint density at radius 2 is 1.71 bits per heavy atom. The molecule has 0 radical (unpaired) electrons. The van der Waals surface area contributed by atoms with Crippen molar-refractivity contribution in [3.63, 3.8) is 0 Å². The minimum atomic E-state index is -0.956. The molecule has 2 aromatic carbocycles. The number of fused-ring (bicyclic) bond motifs is 3. The van der Waals surface area contributed by atoms with E-state index in [1.54, 1.807) is 0 Å². The van der Waals surface area contributed by atoms with Crippen LogP contribution >= 0.6 is 0 Å². The Morgan fingerprint density at radius 3 is 2.24 bits per heavy atom. The maximum absolute atomic E-state index is 12.7. The minimum absolute atomic E-state index is 0.00194. The highest BCUT2D eigenvalue weighted by Crippen LogP contribution is 2.45. The molecule has 0 heterocycles. The Balaban J connectivity index is 1.35. The van der Waals surface area contributed by atoms with Gasteiger partial charge in [0.2, 0.25) is 5.91 Å². The molecule has 1 saturated carbocycles. The van der Waals surface area contributed by atoms with Crippen molar-refractivity contribution in [3.8, 4) is 23.5 Å².